The second-order valence-corrected chi connectivity index (χ2v) is 10.3. The van der Waals surface area contributed by atoms with Crippen molar-refractivity contribution in [3.63, 3.8) is 0 Å². The van der Waals surface area contributed by atoms with Crippen LogP contribution >= 0.6 is 23.2 Å². The molecule has 0 aromatic heterocycles. The quantitative estimate of drug-likeness (QED) is 0.0786. The van der Waals surface area contributed by atoms with Crippen molar-refractivity contribution in [3.8, 4) is 17.2 Å². The highest BCUT2D eigenvalue weighted by atomic mass is 35.5. The van der Waals surface area contributed by atoms with Crippen LogP contribution in [0.1, 0.15) is 33.2 Å². The molecule has 0 spiro atoms. The number of hydrazone groups is 1. The number of fused-ring (bicyclic) bond motifs is 1. The van der Waals surface area contributed by atoms with Crippen molar-refractivity contribution >= 4 is 58.0 Å². The first-order valence-electron chi connectivity index (χ1n) is 13.3. The van der Waals surface area contributed by atoms with E-state index in [0.717, 1.165) is 10.8 Å². The molecule has 8 nitrogen and oxygen atoms in total. The van der Waals surface area contributed by atoms with Crippen molar-refractivity contribution in [2.75, 3.05) is 0 Å². The number of amides is 1. The highest BCUT2D eigenvalue weighted by molar-refractivity contribution is 6.31. The van der Waals surface area contributed by atoms with Crippen LogP contribution in [0.25, 0.3) is 10.8 Å². The molecule has 0 saturated carbocycles. The van der Waals surface area contributed by atoms with Gasteiger partial charge in [0, 0.05) is 27.1 Å². The van der Waals surface area contributed by atoms with E-state index < -0.39 is 23.9 Å². The highest BCUT2D eigenvalue weighted by Gasteiger charge is 2.17. The van der Waals surface area contributed by atoms with Crippen molar-refractivity contribution in [1.82, 2.24) is 5.43 Å². The minimum Gasteiger partial charge on any atom is -0.480 e. The summed E-state index contributed by atoms with van der Waals surface area (Å²) in [6, 6.07) is 30.0. The molecular weight excluding hydrogens is 603 g/mol. The maximum atomic E-state index is 12.9. The lowest BCUT2D eigenvalue weighted by Gasteiger charge is -2.15. The van der Waals surface area contributed by atoms with Gasteiger partial charge < -0.3 is 14.2 Å². The molecule has 0 fully saturated rings. The summed E-state index contributed by atoms with van der Waals surface area (Å²) in [5, 5.41) is 6.83. The number of carbonyl (C=O) groups is 3. The van der Waals surface area contributed by atoms with Crippen molar-refractivity contribution < 1.29 is 28.6 Å². The summed E-state index contributed by atoms with van der Waals surface area (Å²) in [4.78, 5) is 38.3. The zero-order chi connectivity index (χ0) is 31.1. The minimum absolute atomic E-state index is 0.0319. The molecule has 5 aromatic rings. The van der Waals surface area contributed by atoms with E-state index in [2.05, 4.69) is 10.5 Å². The molecule has 5 rings (SSSR count). The van der Waals surface area contributed by atoms with Gasteiger partial charge in [-0.15, -0.1) is 0 Å². The number of nitrogens with one attached hydrogen (secondary N) is 1. The molecule has 0 saturated heterocycles. The Morgan fingerprint density at radius 2 is 1.34 bits per heavy atom. The number of hydrogen-bond donors (Lipinski definition) is 1. The van der Waals surface area contributed by atoms with Gasteiger partial charge in [0.15, 0.2) is 6.10 Å². The normalized spacial score (nSPS) is 11.6. The van der Waals surface area contributed by atoms with Crippen LogP contribution in [0.4, 0.5) is 0 Å². The number of esters is 2. The van der Waals surface area contributed by atoms with Gasteiger partial charge in [0.2, 0.25) is 0 Å². The predicted octanol–water partition coefficient (Wildman–Crippen LogP) is 7.50. The van der Waals surface area contributed by atoms with Gasteiger partial charge in [0.1, 0.15) is 17.2 Å². The number of rotatable bonds is 9. The van der Waals surface area contributed by atoms with Crippen molar-refractivity contribution in [1.29, 1.82) is 0 Å². The molecule has 0 aliphatic carbocycles. The lowest BCUT2D eigenvalue weighted by Crippen LogP contribution is -2.33. The summed E-state index contributed by atoms with van der Waals surface area (Å²) in [6.45, 7) is 1.61. The van der Waals surface area contributed by atoms with E-state index in [1.165, 1.54) is 48.7 Å². The Labute approximate surface area is 262 Å². The van der Waals surface area contributed by atoms with E-state index in [9.17, 15) is 14.4 Å². The van der Waals surface area contributed by atoms with Crippen LogP contribution in [0.5, 0.6) is 17.2 Å². The fourth-order valence-corrected chi connectivity index (χ4v) is 4.32. The second kappa shape index (κ2) is 13.9. The zero-order valence-corrected chi connectivity index (χ0v) is 24.7. The number of hydrogen-bond acceptors (Lipinski definition) is 7. The minimum atomic E-state index is -0.866. The first-order chi connectivity index (χ1) is 21.3. The summed E-state index contributed by atoms with van der Waals surface area (Å²) in [7, 11) is 0. The smallest absolute Gasteiger partial charge is 0.343 e. The maximum Gasteiger partial charge on any atom is 0.343 e. The van der Waals surface area contributed by atoms with Crippen LogP contribution in [-0.2, 0) is 4.79 Å². The average molecular weight is 627 g/mol. The summed E-state index contributed by atoms with van der Waals surface area (Å²) < 4.78 is 17.0. The first-order valence-corrected chi connectivity index (χ1v) is 14.1. The molecule has 220 valence electrons. The van der Waals surface area contributed by atoms with Crippen LogP contribution in [0.15, 0.2) is 114 Å². The van der Waals surface area contributed by atoms with Gasteiger partial charge in [-0.3, -0.25) is 4.79 Å². The van der Waals surface area contributed by atoms with Crippen LogP contribution in [0, 0.1) is 0 Å². The Balaban J connectivity index is 1.32. The van der Waals surface area contributed by atoms with Gasteiger partial charge in [-0.2, -0.15) is 5.10 Å². The monoisotopic (exact) mass is 626 g/mol. The molecule has 44 heavy (non-hydrogen) atoms. The Bertz CT molecular complexity index is 1850. The fourth-order valence-electron chi connectivity index (χ4n) is 4.07. The van der Waals surface area contributed by atoms with E-state index in [0.29, 0.717) is 21.4 Å². The molecule has 0 aliphatic heterocycles. The topological polar surface area (TPSA) is 103 Å². The van der Waals surface area contributed by atoms with Gasteiger partial charge in [-0.25, -0.2) is 15.0 Å². The summed E-state index contributed by atoms with van der Waals surface area (Å²) >= 11 is 11.8. The van der Waals surface area contributed by atoms with Crippen LogP contribution in [-0.4, -0.2) is 30.2 Å². The fraction of sp³-hybridized carbons (Fsp3) is 0.0588. The third-order valence-electron chi connectivity index (χ3n) is 6.36. The van der Waals surface area contributed by atoms with Crippen LogP contribution in [0.3, 0.4) is 0 Å². The van der Waals surface area contributed by atoms with Crippen molar-refractivity contribution in [2.45, 2.75) is 13.0 Å². The summed E-state index contributed by atoms with van der Waals surface area (Å²) in [5.74, 6) is -1.10. The summed E-state index contributed by atoms with van der Waals surface area (Å²) in [5.41, 5.74) is 3.29. The van der Waals surface area contributed by atoms with Gasteiger partial charge >= 0.3 is 11.9 Å². The van der Waals surface area contributed by atoms with Crippen LogP contribution < -0.4 is 19.6 Å². The standard InChI is InChI=1S/C34H24Cl2N2O6/c1-21(42-30-8-4-6-22-5-2-3-7-29(22)30)32(39)38-37-20-25-13-18-28(43-33(40)23-9-14-26(35)15-10-23)19-31(25)44-34(41)24-11-16-27(36)17-12-24/h2-21H,1H3,(H,38,39). The average Bonchev–Trinajstić information content (AvgIpc) is 3.02. The number of ether oxygens (including phenoxy) is 3. The van der Waals surface area contributed by atoms with Crippen molar-refractivity contribution in [2.24, 2.45) is 5.10 Å². The number of nitrogens with zero attached hydrogens (tertiary/aromatic N) is 1. The summed E-state index contributed by atoms with van der Waals surface area (Å²) in [6.07, 6.45) is 0.437. The number of benzene rings is 5. The SMILES string of the molecule is CC(Oc1cccc2ccccc12)C(=O)NN=Cc1ccc(OC(=O)c2ccc(Cl)cc2)cc1OC(=O)c1ccc(Cl)cc1. The van der Waals surface area contributed by atoms with Gasteiger partial charge in [-0.05, 0) is 79.0 Å². The molecule has 1 amide bonds. The molecule has 5 aromatic carbocycles. The van der Waals surface area contributed by atoms with E-state index in [4.69, 9.17) is 37.4 Å². The molecule has 0 heterocycles. The number of halogens is 2. The third kappa shape index (κ3) is 7.60. The Kier molecular flexibility index (Phi) is 9.54. The molecule has 1 N–H and O–H groups in total. The maximum absolute atomic E-state index is 12.9. The Morgan fingerprint density at radius 1 is 0.727 bits per heavy atom. The van der Waals surface area contributed by atoms with Gasteiger partial charge in [-0.1, -0.05) is 59.6 Å². The lowest BCUT2D eigenvalue weighted by molar-refractivity contribution is -0.127. The van der Waals surface area contributed by atoms with E-state index >= 15 is 0 Å². The van der Waals surface area contributed by atoms with Crippen molar-refractivity contribution in [3.05, 3.63) is 136 Å². The third-order valence-corrected chi connectivity index (χ3v) is 6.86. The molecule has 0 aliphatic rings. The molecular formula is C34H24Cl2N2O6. The first kappa shape index (κ1) is 30.3. The molecule has 0 bridgehead atoms. The Hall–Kier alpha value is -5.18. The Morgan fingerprint density at radius 3 is 2.02 bits per heavy atom. The second-order valence-electron chi connectivity index (χ2n) is 9.46. The van der Waals surface area contributed by atoms with Crippen LogP contribution in [0.2, 0.25) is 10.0 Å². The van der Waals surface area contributed by atoms with Gasteiger partial charge in [0.05, 0.1) is 17.3 Å². The van der Waals surface area contributed by atoms with E-state index in [-0.39, 0.29) is 22.6 Å². The molecule has 1 unspecified atom stereocenters. The molecule has 10 heteroatoms. The lowest BCUT2D eigenvalue weighted by atomic mass is 10.1. The number of carbonyl (C=O) groups excluding carboxylic acids is 3. The zero-order valence-electron chi connectivity index (χ0n) is 23.2. The van der Waals surface area contributed by atoms with E-state index in [1.807, 2.05) is 36.4 Å². The van der Waals surface area contributed by atoms with Gasteiger partial charge in [0.25, 0.3) is 5.91 Å². The van der Waals surface area contributed by atoms with E-state index in [1.54, 1.807) is 37.3 Å². The largest absolute Gasteiger partial charge is 0.480 e. The molecule has 0 radical (unpaired) electrons. The molecule has 1 atom stereocenters. The highest BCUT2D eigenvalue weighted by Crippen LogP contribution is 2.27. The predicted molar refractivity (Wildman–Crippen MR) is 169 cm³/mol.